The Labute approximate surface area is 288 Å². The summed E-state index contributed by atoms with van der Waals surface area (Å²) in [7, 11) is 0. The van der Waals surface area contributed by atoms with Gasteiger partial charge in [0.05, 0.1) is 31.7 Å². The predicted molar refractivity (Wildman–Crippen MR) is 186 cm³/mol. The number of amides is 4. The van der Waals surface area contributed by atoms with Gasteiger partial charge in [-0.05, 0) is 35.2 Å². The van der Waals surface area contributed by atoms with Crippen molar-refractivity contribution in [3.8, 4) is 5.75 Å². The Morgan fingerprint density at radius 1 is 0.857 bits per heavy atom. The molecule has 0 saturated carbocycles. The second-order valence-electron chi connectivity index (χ2n) is 12.4. The van der Waals surface area contributed by atoms with Crippen molar-refractivity contribution in [1.82, 2.24) is 25.8 Å². The monoisotopic (exact) mass is 669 g/mol. The normalized spacial score (nSPS) is 19.5. The average molecular weight is 670 g/mol. The number of unbranched alkanes of at least 4 members (excludes halogenated alkanes) is 1. The molecule has 3 N–H and O–H groups in total. The molecule has 0 aliphatic carbocycles. The number of carbonyl (C=O) groups excluding carboxylic acids is 4. The van der Waals surface area contributed by atoms with Gasteiger partial charge in [0.15, 0.2) is 0 Å². The molecule has 2 atom stereocenters. The Morgan fingerprint density at radius 3 is 2.35 bits per heavy atom. The number of hydrogen-bond acceptors (Lipinski definition) is 7. The summed E-state index contributed by atoms with van der Waals surface area (Å²) in [4.78, 5) is 59.1. The molecule has 260 valence electrons. The first-order valence-electron chi connectivity index (χ1n) is 17.2. The van der Waals surface area contributed by atoms with E-state index in [1.807, 2.05) is 54.6 Å². The number of carbonyl (C=O) groups is 4. The summed E-state index contributed by atoms with van der Waals surface area (Å²) in [5.41, 5.74) is 3.15. The number of para-hydroxylation sites is 1. The highest BCUT2D eigenvalue weighted by Crippen LogP contribution is 2.19. The molecule has 2 aliphatic heterocycles. The van der Waals surface area contributed by atoms with Gasteiger partial charge in [0.1, 0.15) is 24.4 Å². The van der Waals surface area contributed by atoms with Crippen molar-refractivity contribution in [3.05, 3.63) is 101 Å². The van der Waals surface area contributed by atoms with Crippen molar-refractivity contribution in [1.29, 1.82) is 0 Å². The van der Waals surface area contributed by atoms with Crippen LogP contribution >= 0.6 is 0 Å². The molecule has 3 aromatic carbocycles. The molecule has 0 aromatic heterocycles. The first-order chi connectivity index (χ1) is 23.9. The third-order valence-corrected chi connectivity index (χ3v) is 8.84. The van der Waals surface area contributed by atoms with E-state index in [9.17, 15) is 19.2 Å². The fourth-order valence-corrected chi connectivity index (χ4v) is 6.07. The van der Waals surface area contributed by atoms with Crippen LogP contribution in [0.2, 0.25) is 0 Å². The highest BCUT2D eigenvalue weighted by atomic mass is 16.5. The van der Waals surface area contributed by atoms with E-state index < -0.39 is 29.8 Å². The molecule has 4 amide bonds. The zero-order valence-corrected chi connectivity index (χ0v) is 28.2. The molecular weight excluding hydrogens is 622 g/mol. The van der Waals surface area contributed by atoms with Crippen molar-refractivity contribution < 1.29 is 28.7 Å². The van der Waals surface area contributed by atoms with Gasteiger partial charge in [0.25, 0.3) is 5.91 Å². The van der Waals surface area contributed by atoms with Crippen LogP contribution in [0.1, 0.15) is 53.2 Å². The highest BCUT2D eigenvalue weighted by molar-refractivity contribution is 6.01. The SMILES string of the molecule is CCCCN1CCOc2ccccc2C(=O)N[C@H](C(=O)NCc2ccccc2CN2CCOCC2)CC(=O)N[C@@H](Cc2ccccc2)C1=O. The number of morpholine rings is 1. The molecule has 49 heavy (non-hydrogen) atoms. The summed E-state index contributed by atoms with van der Waals surface area (Å²) < 4.78 is 11.5. The van der Waals surface area contributed by atoms with E-state index in [0.717, 1.165) is 49.2 Å². The Bertz CT molecular complexity index is 1560. The van der Waals surface area contributed by atoms with Gasteiger partial charge in [-0.3, -0.25) is 24.1 Å². The molecule has 11 nitrogen and oxygen atoms in total. The van der Waals surface area contributed by atoms with Gasteiger partial charge in [0, 0.05) is 39.1 Å². The number of ether oxygens (including phenoxy) is 2. The lowest BCUT2D eigenvalue weighted by Crippen LogP contribution is -2.54. The van der Waals surface area contributed by atoms with Crippen LogP contribution in [0.5, 0.6) is 5.75 Å². The summed E-state index contributed by atoms with van der Waals surface area (Å²) in [6.45, 7) is 6.97. The molecule has 3 aromatic rings. The lowest BCUT2D eigenvalue weighted by molar-refractivity contribution is -0.137. The van der Waals surface area contributed by atoms with Crippen molar-refractivity contribution in [3.63, 3.8) is 0 Å². The number of hydrogen-bond donors (Lipinski definition) is 3. The molecule has 0 unspecified atom stereocenters. The van der Waals surface area contributed by atoms with Crippen LogP contribution in [-0.2, 0) is 38.6 Å². The van der Waals surface area contributed by atoms with Gasteiger partial charge in [-0.25, -0.2) is 0 Å². The second kappa shape index (κ2) is 18.1. The third-order valence-electron chi connectivity index (χ3n) is 8.84. The van der Waals surface area contributed by atoms with Gasteiger partial charge >= 0.3 is 0 Å². The van der Waals surface area contributed by atoms with E-state index >= 15 is 0 Å². The van der Waals surface area contributed by atoms with Gasteiger partial charge in [0.2, 0.25) is 17.7 Å². The Balaban J connectivity index is 1.38. The predicted octanol–water partition coefficient (Wildman–Crippen LogP) is 3.07. The first-order valence-corrected chi connectivity index (χ1v) is 17.2. The molecule has 2 aliphatic rings. The zero-order chi connectivity index (χ0) is 34.4. The fraction of sp³-hybridized carbons (Fsp3) is 0.421. The van der Waals surface area contributed by atoms with E-state index in [1.54, 1.807) is 29.2 Å². The maximum Gasteiger partial charge on any atom is 0.255 e. The maximum absolute atomic E-state index is 14.0. The van der Waals surface area contributed by atoms with E-state index in [2.05, 4.69) is 27.8 Å². The van der Waals surface area contributed by atoms with Crippen LogP contribution in [0.15, 0.2) is 78.9 Å². The molecule has 0 bridgehead atoms. The number of benzene rings is 3. The minimum Gasteiger partial charge on any atom is -0.491 e. The highest BCUT2D eigenvalue weighted by Gasteiger charge is 2.31. The van der Waals surface area contributed by atoms with Gasteiger partial charge in [-0.15, -0.1) is 0 Å². The number of nitrogens with one attached hydrogen (secondary N) is 3. The molecule has 11 heteroatoms. The molecule has 5 rings (SSSR count). The van der Waals surface area contributed by atoms with Gasteiger partial charge in [-0.1, -0.05) is 80.1 Å². The lowest BCUT2D eigenvalue weighted by atomic mass is 10.0. The minimum absolute atomic E-state index is 0.152. The smallest absolute Gasteiger partial charge is 0.255 e. The summed E-state index contributed by atoms with van der Waals surface area (Å²) in [5.74, 6) is -1.44. The molecular formula is C38H47N5O6. The third kappa shape index (κ3) is 10.4. The van der Waals surface area contributed by atoms with E-state index in [1.165, 1.54) is 0 Å². The standard InChI is InChI=1S/C38H47N5O6/c1-2-3-17-43-20-23-49-34-16-10-9-15-31(34)36(45)41-32(25-35(44)40-33(38(43)47)24-28-11-5-4-6-12-28)37(46)39-26-29-13-7-8-14-30(29)27-42-18-21-48-22-19-42/h4-16,32-33H,2-3,17-27H2,1H3,(H,39,46)(H,40,44)(H,41,45)/t32-,33-/m0/s1. The quantitative estimate of drug-likeness (QED) is 0.303. The zero-order valence-electron chi connectivity index (χ0n) is 28.2. The minimum atomic E-state index is -1.21. The van der Waals surface area contributed by atoms with Crippen molar-refractivity contribution in [2.75, 3.05) is 46.0 Å². The van der Waals surface area contributed by atoms with Crippen molar-refractivity contribution in [2.45, 2.75) is 57.8 Å². The van der Waals surface area contributed by atoms with Crippen molar-refractivity contribution in [2.24, 2.45) is 0 Å². The molecule has 0 spiro atoms. The van der Waals surface area contributed by atoms with E-state index in [-0.39, 0.29) is 44.0 Å². The summed E-state index contributed by atoms with van der Waals surface area (Å²) in [6, 6.07) is 22.1. The number of fused-ring (bicyclic) bond motifs is 1. The van der Waals surface area contributed by atoms with Crippen LogP contribution in [0.3, 0.4) is 0 Å². The van der Waals surface area contributed by atoms with E-state index in [0.29, 0.717) is 25.5 Å². The van der Waals surface area contributed by atoms with Gasteiger partial charge < -0.3 is 30.3 Å². The number of rotatable bonds is 10. The molecule has 2 heterocycles. The molecule has 1 fully saturated rings. The Kier molecular flexibility index (Phi) is 13.2. The maximum atomic E-state index is 14.0. The first kappa shape index (κ1) is 35.6. The molecule has 1 saturated heterocycles. The Morgan fingerprint density at radius 2 is 1.57 bits per heavy atom. The van der Waals surface area contributed by atoms with Crippen molar-refractivity contribution >= 4 is 23.6 Å². The van der Waals surface area contributed by atoms with E-state index in [4.69, 9.17) is 9.47 Å². The van der Waals surface area contributed by atoms with Crippen LogP contribution in [0, 0.1) is 0 Å². The van der Waals surface area contributed by atoms with Crippen LogP contribution in [0.4, 0.5) is 0 Å². The van der Waals surface area contributed by atoms with Crippen LogP contribution in [-0.4, -0.2) is 91.5 Å². The summed E-state index contributed by atoms with van der Waals surface area (Å²) >= 11 is 0. The number of nitrogens with zero attached hydrogens (tertiary/aromatic N) is 2. The fourth-order valence-electron chi connectivity index (χ4n) is 6.07. The van der Waals surface area contributed by atoms with Crippen LogP contribution < -0.4 is 20.7 Å². The largest absolute Gasteiger partial charge is 0.491 e. The van der Waals surface area contributed by atoms with Gasteiger partial charge in [-0.2, -0.15) is 0 Å². The molecule has 0 radical (unpaired) electrons. The summed E-state index contributed by atoms with van der Waals surface area (Å²) in [5, 5.41) is 8.63. The summed E-state index contributed by atoms with van der Waals surface area (Å²) in [6.07, 6.45) is 1.59. The second-order valence-corrected chi connectivity index (χ2v) is 12.4. The van der Waals surface area contributed by atoms with Crippen LogP contribution in [0.25, 0.3) is 0 Å². The lowest BCUT2D eigenvalue weighted by Gasteiger charge is -2.29. The Hall–Kier alpha value is -4.74. The topological polar surface area (TPSA) is 129 Å². The average Bonchev–Trinajstić information content (AvgIpc) is 3.12.